The highest BCUT2D eigenvalue weighted by Crippen LogP contribution is 2.24. The Kier molecular flexibility index (Phi) is 5.35. The summed E-state index contributed by atoms with van der Waals surface area (Å²) in [6, 6.07) is 6.70. The van der Waals surface area contributed by atoms with Gasteiger partial charge in [0.05, 0.1) is 26.3 Å². The molecule has 0 bridgehead atoms. The van der Waals surface area contributed by atoms with Crippen LogP contribution in [0.1, 0.15) is 12.3 Å². The lowest BCUT2D eigenvalue weighted by atomic mass is 10.1. The van der Waals surface area contributed by atoms with Crippen molar-refractivity contribution < 1.29 is 18.7 Å². The molecule has 1 aliphatic rings. The first kappa shape index (κ1) is 17.4. The summed E-state index contributed by atoms with van der Waals surface area (Å²) in [6.45, 7) is 1.44. The predicted molar refractivity (Wildman–Crippen MR) is 90.8 cm³/mol. The number of hydrogen-bond acceptors (Lipinski definition) is 6. The number of nitrogens with one attached hydrogen (secondary N) is 1. The Morgan fingerprint density at radius 3 is 3.12 bits per heavy atom. The third-order valence-electron chi connectivity index (χ3n) is 4.03. The normalized spacial score (nSPS) is 18.0. The molecule has 3 rings (SSSR count). The Morgan fingerprint density at radius 1 is 1.52 bits per heavy atom. The lowest BCUT2D eigenvalue weighted by molar-refractivity contribution is -0.146. The molecule has 8 heteroatoms. The summed E-state index contributed by atoms with van der Waals surface area (Å²) >= 11 is 6.00. The lowest BCUT2D eigenvalue weighted by Gasteiger charge is -2.33. The largest absolute Gasteiger partial charge is 0.469 e. The molecule has 25 heavy (non-hydrogen) atoms. The highest BCUT2D eigenvalue weighted by Gasteiger charge is 2.32. The number of methoxy groups -OCH3 is 1. The van der Waals surface area contributed by atoms with Gasteiger partial charge in [-0.3, -0.25) is 14.5 Å². The van der Waals surface area contributed by atoms with Gasteiger partial charge >= 0.3 is 5.97 Å². The van der Waals surface area contributed by atoms with E-state index >= 15 is 0 Å². The Balaban J connectivity index is 1.74. The second-order valence-electron chi connectivity index (χ2n) is 5.69. The van der Waals surface area contributed by atoms with Gasteiger partial charge in [0.15, 0.2) is 5.76 Å². The summed E-state index contributed by atoms with van der Waals surface area (Å²) in [6.07, 6.45) is 1.62. The van der Waals surface area contributed by atoms with Crippen LogP contribution in [0, 0.1) is 0 Å². The van der Waals surface area contributed by atoms with E-state index in [1.807, 2.05) is 17.0 Å². The third kappa shape index (κ3) is 4.18. The van der Waals surface area contributed by atoms with Crippen LogP contribution in [0.25, 0.3) is 11.3 Å². The van der Waals surface area contributed by atoms with Crippen LogP contribution in [0.15, 0.2) is 34.9 Å². The molecule has 1 amide bonds. The molecule has 1 fully saturated rings. The van der Waals surface area contributed by atoms with E-state index in [1.54, 1.807) is 18.3 Å². The molecule has 0 unspecified atom stereocenters. The fourth-order valence-electron chi connectivity index (χ4n) is 2.75. The Hall–Kier alpha value is -2.38. The topological polar surface area (TPSA) is 84.7 Å². The van der Waals surface area contributed by atoms with E-state index in [9.17, 15) is 9.59 Å². The molecule has 1 saturated heterocycles. The summed E-state index contributed by atoms with van der Waals surface area (Å²) in [7, 11) is 1.30. The highest BCUT2D eigenvalue weighted by molar-refractivity contribution is 6.30. The number of hydrogen-bond donors (Lipinski definition) is 1. The summed E-state index contributed by atoms with van der Waals surface area (Å²) < 4.78 is 10.5. The number of carbonyl (C=O) groups is 2. The number of aromatic nitrogens is 1. The van der Waals surface area contributed by atoms with Crippen LogP contribution in [0.3, 0.4) is 0 Å². The molecular formula is C17H18ClN3O4. The molecule has 7 nitrogen and oxygen atoms in total. The average Bonchev–Trinajstić information content (AvgIpc) is 3.06. The zero-order valence-corrected chi connectivity index (χ0v) is 14.5. The molecule has 2 aromatic rings. The van der Waals surface area contributed by atoms with Crippen molar-refractivity contribution in [1.82, 2.24) is 15.2 Å². The van der Waals surface area contributed by atoms with E-state index in [0.29, 0.717) is 36.3 Å². The summed E-state index contributed by atoms with van der Waals surface area (Å²) in [5.74, 6) is 0.445. The van der Waals surface area contributed by atoms with Gasteiger partial charge in [0, 0.05) is 23.7 Å². The zero-order valence-electron chi connectivity index (χ0n) is 13.7. The minimum Gasteiger partial charge on any atom is -0.469 e. The summed E-state index contributed by atoms with van der Waals surface area (Å²) in [5.41, 5.74) is 0.828. The van der Waals surface area contributed by atoms with Crippen molar-refractivity contribution in [2.45, 2.75) is 19.0 Å². The van der Waals surface area contributed by atoms with Crippen molar-refractivity contribution in [3.63, 3.8) is 0 Å². The number of amides is 1. The van der Waals surface area contributed by atoms with Crippen molar-refractivity contribution in [3.05, 3.63) is 41.4 Å². The Morgan fingerprint density at radius 2 is 2.36 bits per heavy atom. The fraction of sp³-hybridized carbons (Fsp3) is 0.353. The van der Waals surface area contributed by atoms with Gasteiger partial charge in [-0.15, -0.1) is 0 Å². The number of carbonyl (C=O) groups excluding carboxylic acids is 2. The van der Waals surface area contributed by atoms with Crippen LogP contribution in [-0.4, -0.2) is 48.0 Å². The van der Waals surface area contributed by atoms with E-state index in [4.69, 9.17) is 16.0 Å². The number of piperazine rings is 1. The highest BCUT2D eigenvalue weighted by atomic mass is 35.5. The Bertz CT molecular complexity index is 777. The van der Waals surface area contributed by atoms with Crippen LogP contribution in [0.4, 0.5) is 0 Å². The fourth-order valence-corrected chi connectivity index (χ4v) is 2.94. The number of rotatable bonds is 5. The second kappa shape index (κ2) is 7.67. The van der Waals surface area contributed by atoms with Crippen LogP contribution in [-0.2, 0) is 20.9 Å². The quantitative estimate of drug-likeness (QED) is 0.816. The number of esters is 1. The van der Waals surface area contributed by atoms with Crippen LogP contribution >= 0.6 is 11.6 Å². The Labute approximate surface area is 149 Å². The van der Waals surface area contributed by atoms with Crippen LogP contribution in [0.2, 0.25) is 5.02 Å². The van der Waals surface area contributed by atoms with Gasteiger partial charge in [-0.2, -0.15) is 0 Å². The third-order valence-corrected chi connectivity index (χ3v) is 4.27. The number of ether oxygens (including phenoxy) is 1. The van der Waals surface area contributed by atoms with E-state index < -0.39 is 12.0 Å². The maximum atomic E-state index is 12.1. The first-order valence-corrected chi connectivity index (χ1v) is 8.24. The number of benzene rings is 1. The van der Waals surface area contributed by atoms with Crippen molar-refractivity contribution in [1.29, 1.82) is 0 Å². The molecule has 1 aromatic heterocycles. The second-order valence-corrected chi connectivity index (χ2v) is 6.12. The van der Waals surface area contributed by atoms with E-state index in [1.165, 1.54) is 7.11 Å². The van der Waals surface area contributed by atoms with Gasteiger partial charge in [0.1, 0.15) is 6.04 Å². The smallest absolute Gasteiger partial charge is 0.307 e. The monoisotopic (exact) mass is 363 g/mol. The van der Waals surface area contributed by atoms with Crippen LogP contribution < -0.4 is 5.32 Å². The average molecular weight is 364 g/mol. The minimum absolute atomic E-state index is 0.00973. The van der Waals surface area contributed by atoms with Crippen molar-refractivity contribution in [3.8, 4) is 11.3 Å². The molecule has 1 N–H and O–H groups in total. The van der Waals surface area contributed by atoms with Gasteiger partial charge in [-0.25, -0.2) is 4.98 Å². The lowest BCUT2D eigenvalue weighted by Crippen LogP contribution is -2.55. The molecule has 1 atom stereocenters. The number of nitrogens with zero attached hydrogens (tertiary/aromatic N) is 2. The summed E-state index contributed by atoms with van der Waals surface area (Å²) in [4.78, 5) is 29.8. The standard InChI is InChI=1S/C17H18ClN3O4/c1-24-16(22)8-13-17(23)19-5-6-21(13)10-15-20-9-14(25-15)11-3-2-4-12(18)7-11/h2-4,7,9,13H,5-6,8,10H2,1H3,(H,19,23)/t13-/m1/s1. The van der Waals surface area contributed by atoms with Gasteiger partial charge in [-0.1, -0.05) is 23.7 Å². The van der Waals surface area contributed by atoms with E-state index in [2.05, 4.69) is 15.0 Å². The SMILES string of the molecule is COC(=O)C[C@@H]1C(=O)NCCN1Cc1ncc(-c2cccc(Cl)c2)o1. The molecule has 0 spiro atoms. The van der Waals surface area contributed by atoms with Gasteiger partial charge < -0.3 is 14.5 Å². The summed E-state index contributed by atoms with van der Waals surface area (Å²) in [5, 5.41) is 3.37. The first-order valence-electron chi connectivity index (χ1n) is 7.86. The molecule has 0 radical (unpaired) electrons. The molecular weight excluding hydrogens is 346 g/mol. The minimum atomic E-state index is -0.595. The van der Waals surface area contributed by atoms with Crippen molar-refractivity contribution in [2.75, 3.05) is 20.2 Å². The maximum Gasteiger partial charge on any atom is 0.307 e. The van der Waals surface area contributed by atoms with Crippen LogP contribution in [0.5, 0.6) is 0 Å². The van der Waals surface area contributed by atoms with Crippen molar-refractivity contribution >= 4 is 23.5 Å². The van der Waals surface area contributed by atoms with Crippen molar-refractivity contribution in [2.24, 2.45) is 0 Å². The van der Waals surface area contributed by atoms with Gasteiger partial charge in [0.2, 0.25) is 11.8 Å². The zero-order chi connectivity index (χ0) is 17.8. The molecule has 132 valence electrons. The molecule has 1 aliphatic heterocycles. The first-order chi connectivity index (χ1) is 12.1. The molecule has 2 heterocycles. The van der Waals surface area contributed by atoms with E-state index in [-0.39, 0.29) is 12.3 Å². The van der Waals surface area contributed by atoms with Gasteiger partial charge in [0.25, 0.3) is 0 Å². The molecule has 0 aliphatic carbocycles. The predicted octanol–water partition coefficient (Wildman–Crippen LogP) is 1.86. The number of halogens is 1. The molecule has 0 saturated carbocycles. The van der Waals surface area contributed by atoms with Gasteiger partial charge in [-0.05, 0) is 12.1 Å². The number of oxazole rings is 1. The maximum absolute atomic E-state index is 12.1. The van der Waals surface area contributed by atoms with E-state index in [0.717, 1.165) is 5.56 Å². The molecule has 1 aromatic carbocycles.